The maximum atomic E-state index is 8.66. The van der Waals surface area contributed by atoms with Gasteiger partial charge in [-0.3, -0.25) is 0 Å². The molecule has 2 heterocycles. The highest BCUT2D eigenvalue weighted by atomic mass is 16.3. The molecule has 2 aromatic heterocycles. The van der Waals surface area contributed by atoms with E-state index in [9.17, 15) is 0 Å². The van der Waals surface area contributed by atoms with Crippen molar-refractivity contribution in [3.63, 3.8) is 0 Å². The molecule has 0 spiro atoms. The summed E-state index contributed by atoms with van der Waals surface area (Å²) >= 11 is 0. The molecule has 0 saturated heterocycles. The van der Waals surface area contributed by atoms with Gasteiger partial charge < -0.3 is 10.4 Å². The number of nitrogens with one attached hydrogen (secondary N) is 1. The maximum absolute atomic E-state index is 8.66. The lowest BCUT2D eigenvalue weighted by molar-refractivity contribution is 0.311. The predicted molar refractivity (Wildman–Crippen MR) is 50.7 cm³/mol. The van der Waals surface area contributed by atoms with Gasteiger partial charge in [-0.05, 0) is 0 Å². The van der Waals surface area contributed by atoms with Crippen LogP contribution >= 0.6 is 0 Å². The summed E-state index contributed by atoms with van der Waals surface area (Å²) in [5, 5.41) is 11.6. The molecule has 2 N–H and O–H groups in total. The zero-order valence-electron chi connectivity index (χ0n) is 7.38. The molecule has 72 valence electrons. The van der Waals surface area contributed by atoms with Crippen LogP contribution in [0.15, 0.2) is 18.7 Å². The van der Waals surface area contributed by atoms with Crippen molar-refractivity contribution in [2.75, 3.05) is 18.5 Å². The zero-order valence-corrected chi connectivity index (χ0v) is 7.38. The molecular formula is C8H9N5O. The predicted octanol–water partition coefficient (Wildman–Crippen LogP) is -0.176. The smallest absolute Gasteiger partial charge is 0.183 e. The Morgan fingerprint density at radius 1 is 1.14 bits per heavy atom. The van der Waals surface area contributed by atoms with E-state index in [1.54, 1.807) is 12.4 Å². The summed E-state index contributed by atoms with van der Waals surface area (Å²) in [5.74, 6) is 0.595. The van der Waals surface area contributed by atoms with Gasteiger partial charge >= 0.3 is 0 Å². The Morgan fingerprint density at radius 2 is 2.00 bits per heavy atom. The van der Waals surface area contributed by atoms with Crippen molar-refractivity contribution >= 4 is 17.0 Å². The maximum Gasteiger partial charge on any atom is 0.183 e. The molecule has 2 rings (SSSR count). The van der Waals surface area contributed by atoms with E-state index in [-0.39, 0.29) is 6.61 Å². The first-order valence-electron chi connectivity index (χ1n) is 4.18. The van der Waals surface area contributed by atoms with Gasteiger partial charge in [0.1, 0.15) is 11.8 Å². The summed E-state index contributed by atoms with van der Waals surface area (Å²) in [7, 11) is 0. The molecule has 6 nitrogen and oxygen atoms in total. The first-order valence-corrected chi connectivity index (χ1v) is 4.18. The minimum Gasteiger partial charge on any atom is -0.395 e. The van der Waals surface area contributed by atoms with Crippen LogP contribution in [0.1, 0.15) is 0 Å². The highest BCUT2D eigenvalue weighted by Gasteiger charge is 2.03. The van der Waals surface area contributed by atoms with E-state index in [1.165, 1.54) is 6.33 Å². The van der Waals surface area contributed by atoms with Gasteiger partial charge in [0, 0.05) is 18.9 Å². The molecule has 0 amide bonds. The van der Waals surface area contributed by atoms with Gasteiger partial charge in [0.05, 0.1) is 6.61 Å². The molecule has 0 aliphatic rings. The van der Waals surface area contributed by atoms with Crippen LogP contribution < -0.4 is 5.32 Å². The molecule has 0 bridgehead atoms. The van der Waals surface area contributed by atoms with Crippen LogP contribution in [0.5, 0.6) is 0 Å². The standard InChI is InChI=1S/C8H9N5O/c14-4-3-11-8-6-7(12-5-13-8)10-2-1-9-6/h1-2,5,14H,3-4H2,(H,10,11,12,13). The summed E-state index contributed by atoms with van der Waals surface area (Å²) in [5.41, 5.74) is 1.16. The summed E-state index contributed by atoms with van der Waals surface area (Å²) in [6, 6.07) is 0. The van der Waals surface area contributed by atoms with Crippen molar-refractivity contribution in [1.82, 2.24) is 19.9 Å². The molecule has 0 aromatic carbocycles. The number of anilines is 1. The normalized spacial score (nSPS) is 10.4. The van der Waals surface area contributed by atoms with Gasteiger partial charge in [0.15, 0.2) is 11.5 Å². The number of aliphatic hydroxyl groups excluding tert-OH is 1. The molecule has 0 fully saturated rings. The molecule has 0 unspecified atom stereocenters. The van der Waals surface area contributed by atoms with Crippen LogP contribution in [0, 0.1) is 0 Å². The quantitative estimate of drug-likeness (QED) is 0.700. The molecule has 0 radical (unpaired) electrons. The van der Waals surface area contributed by atoms with Crippen LogP contribution in [0.4, 0.5) is 5.82 Å². The molecule has 14 heavy (non-hydrogen) atoms. The van der Waals surface area contributed by atoms with Crippen LogP contribution in [0.3, 0.4) is 0 Å². The number of aliphatic hydroxyl groups is 1. The van der Waals surface area contributed by atoms with E-state index >= 15 is 0 Å². The number of hydrogen-bond acceptors (Lipinski definition) is 6. The van der Waals surface area contributed by atoms with Crippen LogP contribution in [0.2, 0.25) is 0 Å². The van der Waals surface area contributed by atoms with Gasteiger partial charge in [-0.25, -0.2) is 19.9 Å². The fourth-order valence-electron chi connectivity index (χ4n) is 1.10. The number of rotatable bonds is 3. The molecule has 0 aliphatic heterocycles. The minimum absolute atomic E-state index is 0.0474. The van der Waals surface area contributed by atoms with Crippen molar-refractivity contribution in [2.45, 2.75) is 0 Å². The van der Waals surface area contributed by atoms with Crippen LogP contribution in [0.25, 0.3) is 11.2 Å². The number of hydrogen-bond donors (Lipinski definition) is 2. The Balaban J connectivity index is 2.43. The number of fused-ring (bicyclic) bond motifs is 1. The third-order valence-electron chi connectivity index (χ3n) is 1.67. The van der Waals surface area contributed by atoms with Crippen LogP contribution in [-0.4, -0.2) is 38.2 Å². The average molecular weight is 191 g/mol. The Kier molecular flexibility index (Phi) is 2.46. The molecule has 0 atom stereocenters. The van der Waals surface area contributed by atoms with E-state index in [2.05, 4.69) is 25.3 Å². The van der Waals surface area contributed by atoms with Gasteiger partial charge in [-0.15, -0.1) is 0 Å². The second-order valence-electron chi connectivity index (χ2n) is 2.60. The Bertz CT molecular complexity index is 428. The molecular weight excluding hydrogens is 182 g/mol. The SMILES string of the molecule is OCCNc1ncnc2nccnc12. The number of aromatic nitrogens is 4. The van der Waals surface area contributed by atoms with E-state index in [0.29, 0.717) is 23.5 Å². The Morgan fingerprint density at radius 3 is 2.86 bits per heavy atom. The second kappa shape index (κ2) is 3.93. The summed E-state index contributed by atoms with van der Waals surface area (Å²) in [6.45, 7) is 0.481. The van der Waals surface area contributed by atoms with Gasteiger partial charge in [-0.1, -0.05) is 0 Å². The van der Waals surface area contributed by atoms with Crippen molar-refractivity contribution in [1.29, 1.82) is 0 Å². The van der Waals surface area contributed by atoms with Gasteiger partial charge in [-0.2, -0.15) is 0 Å². The van der Waals surface area contributed by atoms with E-state index in [4.69, 9.17) is 5.11 Å². The third kappa shape index (κ3) is 1.60. The highest BCUT2D eigenvalue weighted by Crippen LogP contribution is 2.12. The largest absolute Gasteiger partial charge is 0.395 e. The monoisotopic (exact) mass is 191 g/mol. The van der Waals surface area contributed by atoms with E-state index in [1.807, 2.05) is 0 Å². The lowest BCUT2D eigenvalue weighted by Crippen LogP contribution is -2.08. The summed E-state index contributed by atoms with van der Waals surface area (Å²) < 4.78 is 0. The topological polar surface area (TPSA) is 83.8 Å². The lowest BCUT2D eigenvalue weighted by atomic mass is 10.4. The van der Waals surface area contributed by atoms with Crippen LogP contribution in [-0.2, 0) is 0 Å². The Hall–Kier alpha value is -1.82. The first kappa shape index (κ1) is 8.76. The van der Waals surface area contributed by atoms with Crippen molar-refractivity contribution in [3.05, 3.63) is 18.7 Å². The number of nitrogens with zero attached hydrogens (tertiary/aromatic N) is 4. The van der Waals surface area contributed by atoms with E-state index < -0.39 is 0 Å². The van der Waals surface area contributed by atoms with Crippen molar-refractivity contribution in [2.24, 2.45) is 0 Å². The molecule has 0 aliphatic carbocycles. The summed E-state index contributed by atoms with van der Waals surface area (Å²) in [6.07, 6.45) is 4.57. The average Bonchev–Trinajstić information content (AvgIpc) is 2.26. The van der Waals surface area contributed by atoms with Crippen molar-refractivity contribution < 1.29 is 5.11 Å². The van der Waals surface area contributed by atoms with E-state index in [0.717, 1.165) is 0 Å². The summed E-state index contributed by atoms with van der Waals surface area (Å²) in [4.78, 5) is 16.1. The zero-order chi connectivity index (χ0) is 9.80. The van der Waals surface area contributed by atoms with Gasteiger partial charge in [0.2, 0.25) is 0 Å². The van der Waals surface area contributed by atoms with Gasteiger partial charge in [0.25, 0.3) is 0 Å². The lowest BCUT2D eigenvalue weighted by Gasteiger charge is -2.04. The fraction of sp³-hybridized carbons (Fsp3) is 0.250. The van der Waals surface area contributed by atoms with Crippen molar-refractivity contribution in [3.8, 4) is 0 Å². The first-order chi connectivity index (χ1) is 6.92. The molecule has 6 heteroatoms. The minimum atomic E-state index is 0.0474. The highest BCUT2D eigenvalue weighted by molar-refractivity contribution is 5.81. The fourth-order valence-corrected chi connectivity index (χ4v) is 1.10. The molecule has 2 aromatic rings. The third-order valence-corrected chi connectivity index (χ3v) is 1.67. The second-order valence-corrected chi connectivity index (χ2v) is 2.60. The Labute approximate surface area is 80.1 Å². The molecule has 0 saturated carbocycles.